The molecule has 13 heteroatoms. The van der Waals surface area contributed by atoms with Crippen LogP contribution >= 0.6 is 25.3 Å². The summed E-state index contributed by atoms with van der Waals surface area (Å²) in [4.78, 5) is 0. The van der Waals surface area contributed by atoms with E-state index in [2.05, 4.69) is 18.4 Å². The van der Waals surface area contributed by atoms with Crippen LogP contribution in [0.1, 0.15) is 82.8 Å². The van der Waals surface area contributed by atoms with E-state index in [0.29, 0.717) is 58.6 Å². The number of quaternary nitrogens is 1. The molecule has 1 unspecified atom stereocenters. The minimum atomic E-state index is -1.96. The molecule has 0 radical (unpaired) electrons. The van der Waals surface area contributed by atoms with Crippen LogP contribution in [0.15, 0.2) is 83.3 Å². The lowest BCUT2D eigenvalue weighted by molar-refractivity contribution is 0.220. The van der Waals surface area contributed by atoms with Crippen LogP contribution < -0.4 is 9.22 Å². The maximum atomic E-state index is 12.2. The molecule has 1 aliphatic heterocycles. The first kappa shape index (κ1) is 38.3. The Morgan fingerprint density at radius 3 is 1.62 bits per heavy atom. The Kier molecular flexibility index (Phi) is 9.50. The van der Waals surface area contributed by atoms with Crippen LogP contribution in [0, 0.1) is 0 Å². The van der Waals surface area contributed by atoms with E-state index in [9.17, 15) is 25.5 Å². The number of ether oxygens (including phenoxy) is 1. The number of nitrogens with zero attached hydrogens (tertiary/aromatic N) is 5. The second-order valence-corrected chi connectivity index (χ2v) is 16.2. The summed E-state index contributed by atoms with van der Waals surface area (Å²) >= 11 is 10.6. The molecule has 6 aromatic rings. The summed E-state index contributed by atoms with van der Waals surface area (Å²) in [5, 5.41) is 69.4. The number of phenols is 5. The van der Waals surface area contributed by atoms with Crippen molar-refractivity contribution in [1.29, 1.82) is 0 Å². The molecule has 0 saturated carbocycles. The van der Waals surface area contributed by atoms with Crippen molar-refractivity contribution in [3.63, 3.8) is 0 Å². The number of hydrogen-bond donors (Lipinski definition) is 7. The van der Waals surface area contributed by atoms with Gasteiger partial charge >= 0.3 is 4.33 Å². The fraction of sp³-hybridized carbons (Fsp3) is 0.333. The van der Waals surface area contributed by atoms with Gasteiger partial charge in [-0.2, -0.15) is 4.48 Å². The molecule has 1 atom stereocenters. The molecule has 3 heterocycles. The number of hydrogen-bond acceptors (Lipinski definition) is 10. The lowest BCUT2D eigenvalue weighted by Gasteiger charge is -2.50. The zero-order valence-corrected chi connectivity index (χ0v) is 33.8. The van der Waals surface area contributed by atoms with Crippen LogP contribution in [0.5, 0.6) is 34.5 Å². The van der Waals surface area contributed by atoms with Crippen LogP contribution in [0.2, 0.25) is 0 Å². The van der Waals surface area contributed by atoms with Gasteiger partial charge in [0.25, 0.3) is 5.66 Å². The second-order valence-electron chi connectivity index (χ2n) is 14.6. The summed E-state index contributed by atoms with van der Waals surface area (Å²) in [5.74, 6) is -0.183. The Balaban J connectivity index is 1.83. The SMILES string of the molecule is CCOc1ccc([N+]2(c3ccc(O)c4c3ccn4C(C)C)C(S)(S)N=NC2(c2cc(CC)c(O)cc2O)c2cc(CC)c(O)cc2O)c2ccn(C(C)C)c12. The predicted molar refractivity (Wildman–Crippen MR) is 224 cm³/mol. The standard InChI is InChI=1S/C42H47N5O6S2/c1-8-25-19-29(36(51)21-34(25)49)41(30-20-26(9-2)35(50)22-37(30)52)43-44-42(54,55)47(41,31-11-13-33(48)39-27(31)15-17-45(39)23(4)5)32-12-14-38(53-10-3)40-28(32)16-18-46(40)24(6)7/h11-24H,8-10H2,1-7H3,(H6-,48,49,50,51,52,54,55)/p+1. The molecule has 0 aliphatic carbocycles. The van der Waals surface area contributed by atoms with E-state index < -0.39 is 14.5 Å². The first-order chi connectivity index (χ1) is 26.1. The van der Waals surface area contributed by atoms with Gasteiger partial charge < -0.3 is 39.4 Å². The van der Waals surface area contributed by atoms with Gasteiger partial charge in [-0.3, -0.25) is 0 Å². The summed E-state index contributed by atoms with van der Waals surface area (Å²) in [5.41, 5.74) is 1.87. The third-order valence-electron chi connectivity index (χ3n) is 11.0. The molecule has 2 aromatic heterocycles. The number of aromatic hydroxyl groups is 5. The summed E-state index contributed by atoms with van der Waals surface area (Å²) < 4.78 is 8.01. The Morgan fingerprint density at radius 1 is 0.636 bits per heavy atom. The molecule has 11 nitrogen and oxygen atoms in total. The van der Waals surface area contributed by atoms with Crippen molar-refractivity contribution in [3.8, 4) is 34.5 Å². The first-order valence-electron chi connectivity index (χ1n) is 18.6. The molecule has 288 valence electrons. The smallest absolute Gasteiger partial charge is 0.314 e. The van der Waals surface area contributed by atoms with E-state index in [4.69, 9.17) is 40.2 Å². The molecule has 55 heavy (non-hydrogen) atoms. The van der Waals surface area contributed by atoms with Crippen LogP contribution in [-0.4, -0.2) is 45.6 Å². The van der Waals surface area contributed by atoms with E-state index in [1.807, 2.05) is 75.8 Å². The largest absolute Gasteiger partial charge is 0.508 e. The maximum Gasteiger partial charge on any atom is 0.314 e. The topological polar surface area (TPSA) is 145 Å². The molecule has 0 amide bonds. The molecular formula is C42H48N5O6S2+. The third kappa shape index (κ3) is 5.30. The molecule has 0 bridgehead atoms. The van der Waals surface area contributed by atoms with Gasteiger partial charge in [-0.15, -0.1) is 5.11 Å². The second kappa shape index (κ2) is 13.6. The van der Waals surface area contributed by atoms with Crippen molar-refractivity contribution < 1.29 is 30.3 Å². The number of benzene rings is 4. The molecule has 0 saturated heterocycles. The van der Waals surface area contributed by atoms with Crippen LogP contribution in [0.3, 0.4) is 0 Å². The summed E-state index contributed by atoms with van der Waals surface area (Å²) in [6, 6.07) is 17.0. The number of aryl methyl sites for hydroxylation is 2. The van der Waals surface area contributed by atoms with Gasteiger partial charge in [0.1, 0.15) is 34.5 Å². The highest BCUT2D eigenvalue weighted by Crippen LogP contribution is 2.68. The number of phenolic OH excluding ortho intramolecular Hbond substituents is 5. The number of rotatable bonds is 10. The highest BCUT2D eigenvalue weighted by atomic mass is 32.2. The average molecular weight is 783 g/mol. The van der Waals surface area contributed by atoms with Crippen LogP contribution in [0.25, 0.3) is 21.8 Å². The van der Waals surface area contributed by atoms with Crippen molar-refractivity contribution >= 4 is 58.4 Å². The Hall–Kier alpha value is -4.98. The number of azo groups is 1. The normalized spacial score (nSPS) is 17.7. The van der Waals surface area contributed by atoms with E-state index in [1.165, 1.54) is 12.1 Å². The fourth-order valence-corrected chi connectivity index (χ4v) is 9.29. The summed E-state index contributed by atoms with van der Waals surface area (Å²) in [6.45, 7) is 14.3. The third-order valence-corrected chi connectivity index (χ3v) is 11.7. The van der Waals surface area contributed by atoms with Crippen LogP contribution in [0.4, 0.5) is 11.4 Å². The van der Waals surface area contributed by atoms with Crippen molar-refractivity contribution in [2.45, 2.75) is 83.4 Å². The number of aromatic nitrogens is 2. The molecule has 1 aliphatic rings. The first-order valence-corrected chi connectivity index (χ1v) is 19.5. The van der Waals surface area contributed by atoms with Gasteiger partial charge in [0.05, 0.1) is 39.5 Å². The Bertz CT molecular complexity index is 2440. The van der Waals surface area contributed by atoms with Crippen LogP contribution in [-0.2, 0) is 18.5 Å². The number of thiol groups is 2. The van der Waals surface area contributed by atoms with Gasteiger partial charge in [-0.1, -0.05) is 44.2 Å². The van der Waals surface area contributed by atoms with E-state index in [-0.39, 0.29) is 52.0 Å². The van der Waals surface area contributed by atoms with E-state index in [0.717, 1.165) is 10.9 Å². The number of fused-ring (bicyclic) bond motifs is 2. The molecule has 4 aromatic carbocycles. The Morgan fingerprint density at radius 2 is 1.13 bits per heavy atom. The van der Waals surface area contributed by atoms with Gasteiger partial charge in [0, 0.05) is 48.7 Å². The maximum absolute atomic E-state index is 12.2. The van der Waals surface area contributed by atoms with Crippen molar-refractivity contribution in [2.24, 2.45) is 10.2 Å². The quantitative estimate of drug-likeness (QED) is 0.0419. The molecule has 7 rings (SSSR count). The van der Waals surface area contributed by atoms with Crippen molar-refractivity contribution in [1.82, 2.24) is 13.6 Å². The van der Waals surface area contributed by atoms with Gasteiger partial charge in [-0.25, -0.2) is 0 Å². The molecule has 0 spiro atoms. The van der Waals surface area contributed by atoms with Gasteiger partial charge in [0.2, 0.25) is 0 Å². The predicted octanol–water partition coefficient (Wildman–Crippen LogP) is 10.3. The van der Waals surface area contributed by atoms with Crippen molar-refractivity contribution in [2.75, 3.05) is 6.61 Å². The zero-order chi connectivity index (χ0) is 39.8. The lowest BCUT2D eigenvalue weighted by Crippen LogP contribution is -2.64. The molecule has 5 N–H and O–H groups in total. The minimum absolute atomic E-state index is 0.0249. The lowest BCUT2D eigenvalue weighted by atomic mass is 9.82. The average Bonchev–Trinajstić information content (AvgIpc) is 3.84. The van der Waals surface area contributed by atoms with E-state index in [1.54, 1.807) is 24.3 Å². The van der Waals surface area contributed by atoms with E-state index >= 15 is 0 Å². The van der Waals surface area contributed by atoms with Gasteiger partial charge in [0.15, 0.2) is 11.4 Å². The monoisotopic (exact) mass is 782 g/mol. The summed E-state index contributed by atoms with van der Waals surface area (Å²) in [6.07, 6.45) is 4.69. The molecule has 0 fully saturated rings. The molecular weight excluding hydrogens is 735 g/mol. The van der Waals surface area contributed by atoms with Gasteiger partial charge in [-0.05, 0) is 95.0 Å². The Labute approximate surface area is 331 Å². The minimum Gasteiger partial charge on any atom is -0.508 e. The fourth-order valence-electron chi connectivity index (χ4n) is 8.48. The highest BCUT2D eigenvalue weighted by Gasteiger charge is 2.73. The highest BCUT2D eigenvalue weighted by molar-refractivity contribution is 8.00. The van der Waals surface area contributed by atoms with Crippen molar-refractivity contribution in [3.05, 3.63) is 95.3 Å². The summed E-state index contributed by atoms with van der Waals surface area (Å²) in [7, 11) is 0. The zero-order valence-electron chi connectivity index (χ0n) is 32.0.